The van der Waals surface area contributed by atoms with Crippen molar-refractivity contribution in [2.45, 2.75) is 76.5 Å². The summed E-state index contributed by atoms with van der Waals surface area (Å²) in [5.74, 6) is 0.825. The number of rotatable bonds is 7. The Morgan fingerprint density at radius 3 is 2.31 bits per heavy atom. The van der Waals surface area contributed by atoms with Crippen LogP contribution in [0, 0.1) is 0 Å². The zero-order valence-electron chi connectivity index (χ0n) is 16.7. The molecule has 0 spiro atoms. The second kappa shape index (κ2) is 8.73. The van der Waals surface area contributed by atoms with Crippen molar-refractivity contribution < 1.29 is 9.84 Å². The lowest BCUT2D eigenvalue weighted by Gasteiger charge is -2.42. The van der Waals surface area contributed by atoms with Crippen molar-refractivity contribution >= 4 is 0 Å². The maximum Gasteiger partial charge on any atom is 0.119 e. The van der Waals surface area contributed by atoms with Gasteiger partial charge in [-0.1, -0.05) is 39.3 Å². The predicted octanol–water partition coefficient (Wildman–Crippen LogP) is 3.33. The summed E-state index contributed by atoms with van der Waals surface area (Å²) in [6, 6.07) is 9.60. The van der Waals surface area contributed by atoms with Gasteiger partial charge < -0.3 is 20.1 Å². The minimum Gasteiger partial charge on any atom is -0.491 e. The van der Waals surface area contributed by atoms with Gasteiger partial charge in [0.1, 0.15) is 18.5 Å². The Morgan fingerprint density at radius 1 is 1.12 bits per heavy atom. The summed E-state index contributed by atoms with van der Waals surface area (Å²) < 4.78 is 5.75. The molecule has 2 N–H and O–H groups in total. The van der Waals surface area contributed by atoms with E-state index < -0.39 is 6.10 Å². The van der Waals surface area contributed by atoms with E-state index in [-0.39, 0.29) is 5.41 Å². The molecule has 1 aliphatic carbocycles. The number of ether oxygens (including phenoxy) is 1. The molecule has 1 atom stereocenters. The van der Waals surface area contributed by atoms with Gasteiger partial charge in [0.05, 0.1) is 0 Å². The van der Waals surface area contributed by atoms with Crippen LogP contribution in [0.2, 0.25) is 0 Å². The highest BCUT2D eigenvalue weighted by atomic mass is 16.5. The predicted molar refractivity (Wildman–Crippen MR) is 107 cm³/mol. The summed E-state index contributed by atoms with van der Waals surface area (Å²) in [4.78, 5) is 2.66. The molecule has 3 rings (SSSR count). The maximum atomic E-state index is 10.2. The maximum absolute atomic E-state index is 10.2. The Labute approximate surface area is 158 Å². The fourth-order valence-electron chi connectivity index (χ4n) is 3.83. The molecule has 2 fully saturated rings. The highest BCUT2D eigenvalue weighted by Crippen LogP contribution is 2.27. The minimum absolute atomic E-state index is 0.149. The van der Waals surface area contributed by atoms with Crippen LogP contribution in [0.4, 0.5) is 0 Å². The van der Waals surface area contributed by atoms with E-state index in [1.54, 1.807) is 0 Å². The average molecular weight is 361 g/mol. The molecule has 1 unspecified atom stereocenters. The van der Waals surface area contributed by atoms with Crippen molar-refractivity contribution in [3.05, 3.63) is 29.8 Å². The third-order valence-electron chi connectivity index (χ3n) is 5.93. The number of benzene rings is 1. The minimum atomic E-state index is -0.470. The van der Waals surface area contributed by atoms with Crippen molar-refractivity contribution in [3.8, 4) is 5.75 Å². The molecule has 1 aliphatic heterocycles. The largest absolute Gasteiger partial charge is 0.491 e. The molecule has 0 amide bonds. The van der Waals surface area contributed by atoms with Crippen LogP contribution in [-0.2, 0) is 5.41 Å². The molecule has 1 aromatic carbocycles. The van der Waals surface area contributed by atoms with Crippen LogP contribution in [0.1, 0.15) is 58.4 Å². The van der Waals surface area contributed by atoms with Crippen LogP contribution < -0.4 is 10.1 Å². The van der Waals surface area contributed by atoms with Crippen molar-refractivity contribution in [2.24, 2.45) is 0 Å². The van der Waals surface area contributed by atoms with Gasteiger partial charge in [-0.2, -0.15) is 0 Å². The average Bonchev–Trinajstić information content (AvgIpc) is 2.57. The molecule has 4 heteroatoms. The van der Waals surface area contributed by atoms with Gasteiger partial charge in [-0.3, -0.25) is 0 Å². The van der Waals surface area contributed by atoms with Crippen LogP contribution in [0.5, 0.6) is 5.75 Å². The molecule has 0 aromatic heterocycles. The number of hydrogen-bond acceptors (Lipinski definition) is 4. The van der Waals surface area contributed by atoms with Gasteiger partial charge in [-0.25, -0.2) is 0 Å². The Bertz CT molecular complexity index is 540. The SMILES string of the molecule is CC(C)(C)c1ccc(OCC(O)CNC2CCN(C3CCC3)CC2)cc1. The number of hydrogen-bond donors (Lipinski definition) is 2. The summed E-state index contributed by atoms with van der Waals surface area (Å²) in [6.45, 7) is 9.96. The first kappa shape index (κ1) is 19.7. The third-order valence-corrected chi connectivity index (χ3v) is 5.93. The normalized spacial score (nSPS) is 21.4. The summed E-state index contributed by atoms with van der Waals surface area (Å²) in [6.07, 6.45) is 6.11. The Kier molecular flexibility index (Phi) is 6.60. The first-order chi connectivity index (χ1) is 12.4. The van der Waals surface area contributed by atoms with E-state index >= 15 is 0 Å². The fraction of sp³-hybridized carbons (Fsp3) is 0.727. The second-order valence-corrected chi connectivity index (χ2v) is 9.04. The highest BCUT2D eigenvalue weighted by Gasteiger charge is 2.28. The molecule has 4 nitrogen and oxygen atoms in total. The van der Waals surface area contributed by atoms with Gasteiger partial charge in [0.15, 0.2) is 0 Å². The van der Waals surface area contributed by atoms with Gasteiger partial charge in [0, 0.05) is 18.6 Å². The number of aliphatic hydroxyl groups is 1. The molecule has 2 aliphatic rings. The molecule has 146 valence electrons. The zero-order valence-corrected chi connectivity index (χ0v) is 16.7. The monoisotopic (exact) mass is 360 g/mol. The molecule has 1 heterocycles. The van der Waals surface area contributed by atoms with Crippen LogP contribution in [0.15, 0.2) is 24.3 Å². The first-order valence-corrected chi connectivity index (χ1v) is 10.3. The van der Waals surface area contributed by atoms with Crippen LogP contribution >= 0.6 is 0 Å². The van der Waals surface area contributed by atoms with Gasteiger partial charge in [0.2, 0.25) is 0 Å². The number of aliphatic hydroxyl groups excluding tert-OH is 1. The van der Waals surface area contributed by atoms with E-state index in [4.69, 9.17) is 4.74 Å². The van der Waals surface area contributed by atoms with Gasteiger partial charge in [-0.15, -0.1) is 0 Å². The smallest absolute Gasteiger partial charge is 0.119 e. The standard InChI is InChI=1S/C22H36N2O2/c1-22(2,3)17-7-9-21(10-8-17)26-16-20(25)15-23-18-11-13-24(14-12-18)19-5-4-6-19/h7-10,18-20,23,25H,4-6,11-16H2,1-3H3. The molecule has 0 radical (unpaired) electrons. The molecule has 1 saturated carbocycles. The summed E-state index contributed by atoms with van der Waals surface area (Å²) in [7, 11) is 0. The number of nitrogens with zero attached hydrogens (tertiary/aromatic N) is 1. The van der Waals surface area contributed by atoms with Crippen molar-refractivity contribution in [3.63, 3.8) is 0 Å². The second-order valence-electron chi connectivity index (χ2n) is 9.04. The lowest BCUT2D eigenvalue weighted by atomic mass is 9.87. The van der Waals surface area contributed by atoms with Crippen molar-refractivity contribution in [1.29, 1.82) is 0 Å². The summed E-state index contributed by atoms with van der Waals surface area (Å²) >= 11 is 0. The Hall–Kier alpha value is -1.10. The van der Waals surface area contributed by atoms with Gasteiger partial charge in [0.25, 0.3) is 0 Å². The van der Waals surface area contributed by atoms with E-state index in [9.17, 15) is 5.11 Å². The quantitative estimate of drug-likeness (QED) is 0.783. The molecule has 1 aromatic rings. The molecular weight excluding hydrogens is 324 g/mol. The molecular formula is C22H36N2O2. The summed E-state index contributed by atoms with van der Waals surface area (Å²) in [5, 5.41) is 13.7. The van der Waals surface area contributed by atoms with Gasteiger partial charge >= 0.3 is 0 Å². The molecule has 0 bridgehead atoms. The van der Waals surface area contributed by atoms with E-state index in [1.165, 1.54) is 50.8 Å². The van der Waals surface area contributed by atoms with Crippen molar-refractivity contribution in [2.75, 3.05) is 26.2 Å². The fourth-order valence-corrected chi connectivity index (χ4v) is 3.83. The Morgan fingerprint density at radius 2 is 1.77 bits per heavy atom. The van der Waals surface area contributed by atoms with Crippen LogP contribution in [0.3, 0.4) is 0 Å². The lowest BCUT2D eigenvalue weighted by Crippen LogP contribution is -2.50. The number of likely N-dealkylation sites (tertiary alicyclic amines) is 1. The van der Waals surface area contributed by atoms with E-state index in [2.05, 4.69) is 43.1 Å². The van der Waals surface area contributed by atoms with Crippen molar-refractivity contribution in [1.82, 2.24) is 10.2 Å². The van der Waals surface area contributed by atoms with E-state index in [0.717, 1.165) is 11.8 Å². The van der Waals surface area contributed by atoms with Crippen LogP contribution in [0.25, 0.3) is 0 Å². The lowest BCUT2D eigenvalue weighted by molar-refractivity contribution is 0.0787. The highest BCUT2D eigenvalue weighted by molar-refractivity contribution is 5.31. The summed E-state index contributed by atoms with van der Waals surface area (Å²) in [5.41, 5.74) is 1.44. The topological polar surface area (TPSA) is 44.7 Å². The molecule has 26 heavy (non-hydrogen) atoms. The number of piperidine rings is 1. The van der Waals surface area contributed by atoms with E-state index in [0.29, 0.717) is 19.2 Å². The number of nitrogens with one attached hydrogen (secondary N) is 1. The van der Waals surface area contributed by atoms with Gasteiger partial charge in [-0.05, 0) is 61.9 Å². The van der Waals surface area contributed by atoms with Crippen LogP contribution in [-0.4, -0.2) is 54.4 Å². The first-order valence-electron chi connectivity index (χ1n) is 10.3. The Balaban J connectivity index is 1.32. The molecule has 1 saturated heterocycles. The third kappa shape index (κ3) is 5.45. The van der Waals surface area contributed by atoms with E-state index in [1.807, 2.05) is 12.1 Å². The zero-order chi connectivity index (χ0) is 18.6.